The van der Waals surface area contributed by atoms with Crippen LogP contribution in [-0.2, 0) is 0 Å². The molecule has 1 aromatic heterocycles. The number of nitrogens with one attached hydrogen (secondary N) is 1. The fourth-order valence-electron chi connectivity index (χ4n) is 1.50. The molecule has 4 nitrogen and oxygen atoms in total. The highest BCUT2D eigenvalue weighted by Crippen LogP contribution is 2.33. The van der Waals surface area contributed by atoms with E-state index in [-0.39, 0.29) is 26.4 Å². The van der Waals surface area contributed by atoms with Crippen molar-refractivity contribution >= 4 is 50.7 Å². The number of aromatic amines is 1. The predicted octanol–water partition coefficient (Wildman–Crippen LogP) is 3.56. The number of benzene rings is 1. The van der Waals surface area contributed by atoms with E-state index < -0.39 is 11.2 Å². The molecular formula is C11H6BrCl3N2O2. The number of halogens is 4. The molecular weight excluding hydrogens is 378 g/mol. The van der Waals surface area contributed by atoms with Gasteiger partial charge in [-0.15, -0.1) is 0 Å². The van der Waals surface area contributed by atoms with Crippen molar-refractivity contribution in [3.63, 3.8) is 0 Å². The van der Waals surface area contributed by atoms with Crippen LogP contribution in [0.2, 0.25) is 15.2 Å². The molecule has 8 heteroatoms. The zero-order chi connectivity index (χ0) is 14.3. The summed E-state index contributed by atoms with van der Waals surface area (Å²) in [5.74, 6) is 0. The second-order valence-corrected chi connectivity index (χ2v) is 5.69. The van der Waals surface area contributed by atoms with Crippen LogP contribution in [0.25, 0.3) is 5.69 Å². The van der Waals surface area contributed by atoms with Crippen LogP contribution in [-0.4, -0.2) is 9.55 Å². The van der Waals surface area contributed by atoms with E-state index in [2.05, 4.69) is 20.9 Å². The normalized spacial score (nSPS) is 10.8. The minimum Gasteiger partial charge on any atom is -0.297 e. The average molecular weight is 384 g/mol. The summed E-state index contributed by atoms with van der Waals surface area (Å²) < 4.78 is 1.46. The molecule has 2 aromatic rings. The molecule has 0 aliphatic rings. The molecule has 0 radical (unpaired) electrons. The molecule has 1 aromatic carbocycles. The van der Waals surface area contributed by atoms with Crippen molar-refractivity contribution < 1.29 is 0 Å². The van der Waals surface area contributed by atoms with Crippen molar-refractivity contribution in [2.75, 3.05) is 0 Å². The van der Waals surface area contributed by atoms with Crippen molar-refractivity contribution in [3.8, 4) is 5.69 Å². The summed E-state index contributed by atoms with van der Waals surface area (Å²) >= 11 is 21.0. The standard InChI is InChI=1S/C11H6BrCl3N2O2/c1-4-9(15)16-11(19)17(10(4)18)6-3-2-5(12)7(13)8(6)14/h2-3H,1H3,(H,16,19). The highest BCUT2D eigenvalue weighted by molar-refractivity contribution is 9.10. The molecule has 1 heterocycles. The smallest absolute Gasteiger partial charge is 0.297 e. The summed E-state index contributed by atoms with van der Waals surface area (Å²) in [5, 5.41) is 0.328. The maximum atomic E-state index is 12.1. The molecule has 0 aliphatic carbocycles. The lowest BCUT2D eigenvalue weighted by atomic mass is 10.3. The van der Waals surface area contributed by atoms with Crippen molar-refractivity contribution in [1.82, 2.24) is 9.55 Å². The Bertz CT molecular complexity index is 783. The van der Waals surface area contributed by atoms with E-state index >= 15 is 0 Å². The quantitative estimate of drug-likeness (QED) is 0.604. The third-order valence-electron chi connectivity index (χ3n) is 2.53. The molecule has 0 aliphatic heterocycles. The molecule has 0 saturated heterocycles. The van der Waals surface area contributed by atoms with E-state index in [1.807, 2.05) is 0 Å². The van der Waals surface area contributed by atoms with Crippen LogP contribution in [0.5, 0.6) is 0 Å². The van der Waals surface area contributed by atoms with Gasteiger partial charge in [-0.2, -0.15) is 0 Å². The van der Waals surface area contributed by atoms with Crippen molar-refractivity contribution in [3.05, 3.63) is 58.2 Å². The monoisotopic (exact) mass is 382 g/mol. The Morgan fingerprint density at radius 3 is 2.42 bits per heavy atom. The molecule has 0 spiro atoms. The molecule has 0 unspecified atom stereocenters. The van der Waals surface area contributed by atoms with Gasteiger partial charge in [-0.1, -0.05) is 34.8 Å². The zero-order valence-electron chi connectivity index (χ0n) is 9.43. The van der Waals surface area contributed by atoms with Gasteiger partial charge in [-0.25, -0.2) is 9.36 Å². The number of hydrogen-bond acceptors (Lipinski definition) is 2. The fourth-order valence-corrected chi connectivity index (χ4v) is 2.52. The van der Waals surface area contributed by atoms with Crippen LogP contribution in [0.4, 0.5) is 0 Å². The lowest BCUT2D eigenvalue weighted by molar-refractivity contribution is 0.860. The SMILES string of the molecule is Cc1c(Cl)[nH]c(=O)n(-c2ccc(Br)c(Cl)c2Cl)c1=O. The molecule has 0 saturated carbocycles. The topological polar surface area (TPSA) is 54.9 Å². The number of aromatic nitrogens is 2. The van der Waals surface area contributed by atoms with Crippen LogP contribution < -0.4 is 11.2 Å². The minimum atomic E-state index is -0.680. The molecule has 2 rings (SSSR count). The van der Waals surface area contributed by atoms with Gasteiger partial charge in [-0.3, -0.25) is 9.78 Å². The highest BCUT2D eigenvalue weighted by atomic mass is 79.9. The maximum absolute atomic E-state index is 12.1. The van der Waals surface area contributed by atoms with Gasteiger partial charge in [0.15, 0.2) is 0 Å². The number of H-pyrrole nitrogens is 1. The first-order chi connectivity index (χ1) is 8.84. The van der Waals surface area contributed by atoms with Gasteiger partial charge in [0.2, 0.25) is 0 Å². The Morgan fingerprint density at radius 1 is 1.16 bits per heavy atom. The van der Waals surface area contributed by atoms with Crippen LogP contribution in [0, 0.1) is 6.92 Å². The molecule has 0 fully saturated rings. The fraction of sp³-hybridized carbons (Fsp3) is 0.0909. The first-order valence-electron chi connectivity index (χ1n) is 5.00. The third-order valence-corrected chi connectivity index (χ3v) is 4.67. The maximum Gasteiger partial charge on any atom is 0.334 e. The van der Waals surface area contributed by atoms with Crippen LogP contribution in [0.3, 0.4) is 0 Å². The summed E-state index contributed by atoms with van der Waals surface area (Å²) in [7, 11) is 0. The Labute approximate surface area is 131 Å². The van der Waals surface area contributed by atoms with E-state index in [0.717, 1.165) is 4.57 Å². The van der Waals surface area contributed by atoms with E-state index in [1.165, 1.54) is 13.0 Å². The van der Waals surface area contributed by atoms with Gasteiger partial charge >= 0.3 is 5.69 Å². The van der Waals surface area contributed by atoms with Gasteiger partial charge < -0.3 is 0 Å². The first kappa shape index (κ1) is 14.7. The van der Waals surface area contributed by atoms with Gasteiger partial charge in [0, 0.05) is 4.47 Å². The van der Waals surface area contributed by atoms with Crippen molar-refractivity contribution in [2.24, 2.45) is 0 Å². The largest absolute Gasteiger partial charge is 0.334 e. The van der Waals surface area contributed by atoms with E-state index in [9.17, 15) is 9.59 Å². The van der Waals surface area contributed by atoms with Gasteiger partial charge in [-0.05, 0) is 35.0 Å². The van der Waals surface area contributed by atoms with Crippen LogP contribution >= 0.6 is 50.7 Å². The molecule has 0 amide bonds. The third kappa shape index (κ3) is 2.48. The minimum absolute atomic E-state index is 0.00517. The van der Waals surface area contributed by atoms with Gasteiger partial charge in [0.05, 0.1) is 21.3 Å². The predicted molar refractivity (Wildman–Crippen MR) is 80.1 cm³/mol. The van der Waals surface area contributed by atoms with E-state index in [4.69, 9.17) is 34.8 Å². The van der Waals surface area contributed by atoms with Crippen molar-refractivity contribution in [2.45, 2.75) is 6.92 Å². The van der Waals surface area contributed by atoms with Crippen LogP contribution in [0.1, 0.15) is 5.56 Å². The average Bonchev–Trinajstić information content (AvgIpc) is 2.36. The van der Waals surface area contributed by atoms with E-state index in [0.29, 0.717) is 4.47 Å². The first-order valence-corrected chi connectivity index (χ1v) is 6.92. The second kappa shape index (κ2) is 5.32. The summed E-state index contributed by atoms with van der Waals surface area (Å²) in [6.45, 7) is 1.51. The molecule has 1 N–H and O–H groups in total. The lowest BCUT2D eigenvalue weighted by Crippen LogP contribution is -2.35. The number of rotatable bonds is 1. The zero-order valence-corrected chi connectivity index (χ0v) is 13.3. The molecule has 0 bridgehead atoms. The lowest BCUT2D eigenvalue weighted by Gasteiger charge is -2.10. The molecule has 0 atom stereocenters. The Balaban J connectivity index is 2.89. The number of nitrogens with zero attached hydrogens (tertiary/aromatic N) is 1. The summed E-state index contributed by atoms with van der Waals surface area (Å²) in [6, 6.07) is 3.11. The Hall–Kier alpha value is -0.750. The Kier molecular flexibility index (Phi) is 4.11. The Morgan fingerprint density at radius 2 is 1.79 bits per heavy atom. The van der Waals surface area contributed by atoms with Gasteiger partial charge in [0.25, 0.3) is 5.56 Å². The van der Waals surface area contributed by atoms with Crippen LogP contribution in [0.15, 0.2) is 26.2 Å². The van der Waals surface area contributed by atoms with E-state index in [1.54, 1.807) is 6.07 Å². The summed E-state index contributed by atoms with van der Waals surface area (Å²) in [5.41, 5.74) is -0.813. The summed E-state index contributed by atoms with van der Waals surface area (Å²) in [4.78, 5) is 26.3. The highest BCUT2D eigenvalue weighted by Gasteiger charge is 2.16. The van der Waals surface area contributed by atoms with Gasteiger partial charge in [0.1, 0.15) is 5.15 Å². The molecule has 19 heavy (non-hydrogen) atoms. The number of hydrogen-bond donors (Lipinski definition) is 1. The summed E-state index contributed by atoms with van der Waals surface area (Å²) in [6.07, 6.45) is 0. The second-order valence-electron chi connectivity index (χ2n) is 3.70. The van der Waals surface area contributed by atoms with Crippen molar-refractivity contribution in [1.29, 1.82) is 0 Å². The molecule has 100 valence electrons.